The SMILES string of the molecule is COc1ccc(C2C(C(=O)C(C)C)=C(O)C(=O)N2Cc2ccco2)cc1. The van der Waals surface area contributed by atoms with Crippen molar-refractivity contribution < 1.29 is 23.8 Å². The first-order chi connectivity index (χ1) is 12.4. The van der Waals surface area contributed by atoms with Gasteiger partial charge in [0.2, 0.25) is 0 Å². The molecule has 2 aromatic rings. The maximum absolute atomic E-state index is 12.7. The summed E-state index contributed by atoms with van der Waals surface area (Å²) in [7, 11) is 1.57. The zero-order chi connectivity index (χ0) is 18.8. The van der Waals surface area contributed by atoms with Crippen molar-refractivity contribution in [2.45, 2.75) is 26.4 Å². The van der Waals surface area contributed by atoms with Crippen LogP contribution in [-0.2, 0) is 16.1 Å². The topological polar surface area (TPSA) is 80.0 Å². The van der Waals surface area contributed by atoms with Crippen molar-refractivity contribution in [3.63, 3.8) is 0 Å². The van der Waals surface area contributed by atoms with E-state index in [2.05, 4.69) is 0 Å². The van der Waals surface area contributed by atoms with Gasteiger partial charge >= 0.3 is 0 Å². The number of benzene rings is 1. The molecule has 1 aliphatic heterocycles. The number of hydrogen-bond donors (Lipinski definition) is 1. The quantitative estimate of drug-likeness (QED) is 0.859. The fourth-order valence-electron chi connectivity index (χ4n) is 3.08. The van der Waals surface area contributed by atoms with Gasteiger partial charge in [-0.15, -0.1) is 0 Å². The van der Waals surface area contributed by atoms with E-state index in [0.717, 1.165) is 5.56 Å². The number of methoxy groups -OCH3 is 1. The van der Waals surface area contributed by atoms with Gasteiger partial charge in [0, 0.05) is 5.92 Å². The van der Waals surface area contributed by atoms with E-state index in [4.69, 9.17) is 9.15 Å². The minimum absolute atomic E-state index is 0.127. The molecule has 0 saturated carbocycles. The number of carbonyl (C=O) groups excluding carboxylic acids is 2. The molecular weight excluding hydrogens is 334 g/mol. The van der Waals surface area contributed by atoms with Gasteiger partial charge in [-0.05, 0) is 29.8 Å². The second kappa shape index (κ2) is 7.07. The normalized spacial score (nSPS) is 17.3. The molecule has 1 aliphatic rings. The summed E-state index contributed by atoms with van der Waals surface area (Å²) in [6.45, 7) is 3.64. The number of hydrogen-bond acceptors (Lipinski definition) is 5. The van der Waals surface area contributed by atoms with Gasteiger partial charge in [-0.1, -0.05) is 26.0 Å². The molecule has 0 aliphatic carbocycles. The molecule has 0 radical (unpaired) electrons. The first-order valence-electron chi connectivity index (χ1n) is 8.38. The first-order valence-corrected chi connectivity index (χ1v) is 8.38. The third-order valence-corrected chi connectivity index (χ3v) is 4.43. The Balaban J connectivity index is 2.06. The number of ether oxygens (including phenoxy) is 1. The molecule has 6 nitrogen and oxygen atoms in total. The lowest BCUT2D eigenvalue weighted by Gasteiger charge is -2.26. The fourth-order valence-corrected chi connectivity index (χ4v) is 3.08. The molecule has 0 bridgehead atoms. The highest BCUT2D eigenvalue weighted by Crippen LogP contribution is 2.40. The smallest absolute Gasteiger partial charge is 0.290 e. The van der Waals surface area contributed by atoms with Gasteiger partial charge in [0.15, 0.2) is 11.5 Å². The lowest BCUT2D eigenvalue weighted by Crippen LogP contribution is -2.31. The van der Waals surface area contributed by atoms with E-state index in [1.165, 1.54) is 11.2 Å². The number of rotatable bonds is 6. The predicted octanol–water partition coefficient (Wildman–Crippen LogP) is 3.41. The molecule has 136 valence electrons. The Morgan fingerprint density at radius 3 is 2.50 bits per heavy atom. The van der Waals surface area contributed by atoms with Gasteiger partial charge in [0.05, 0.1) is 31.5 Å². The summed E-state index contributed by atoms with van der Waals surface area (Å²) in [4.78, 5) is 26.8. The molecule has 2 heterocycles. The van der Waals surface area contributed by atoms with Gasteiger partial charge in [0.25, 0.3) is 5.91 Å². The van der Waals surface area contributed by atoms with Crippen LogP contribution >= 0.6 is 0 Å². The summed E-state index contributed by atoms with van der Waals surface area (Å²) >= 11 is 0. The molecule has 1 aromatic heterocycles. The number of carbonyl (C=O) groups is 2. The maximum Gasteiger partial charge on any atom is 0.290 e. The van der Waals surface area contributed by atoms with Crippen LogP contribution in [0.25, 0.3) is 0 Å². The molecule has 1 N–H and O–H groups in total. The minimum atomic E-state index is -0.673. The van der Waals surface area contributed by atoms with Crippen LogP contribution in [0.1, 0.15) is 31.2 Å². The summed E-state index contributed by atoms with van der Waals surface area (Å²) in [5, 5.41) is 10.4. The zero-order valence-electron chi connectivity index (χ0n) is 14.9. The Bertz CT molecular complexity index is 834. The Labute approximate surface area is 151 Å². The Kier molecular flexibility index (Phi) is 4.84. The van der Waals surface area contributed by atoms with Gasteiger partial charge in [-0.2, -0.15) is 0 Å². The summed E-state index contributed by atoms with van der Waals surface area (Å²) < 4.78 is 10.5. The number of aliphatic hydroxyl groups excluding tert-OH is 1. The molecular formula is C20H21NO5. The fraction of sp³-hybridized carbons (Fsp3) is 0.300. The number of nitrogens with zero attached hydrogens (tertiary/aromatic N) is 1. The maximum atomic E-state index is 12.7. The molecule has 3 rings (SSSR count). The van der Waals surface area contributed by atoms with Crippen molar-refractivity contribution in [1.29, 1.82) is 0 Å². The lowest BCUT2D eigenvalue weighted by molar-refractivity contribution is -0.130. The molecule has 0 fully saturated rings. The second-order valence-electron chi connectivity index (χ2n) is 6.47. The average Bonchev–Trinajstić information content (AvgIpc) is 3.23. The number of amides is 1. The zero-order valence-corrected chi connectivity index (χ0v) is 14.9. The molecule has 0 saturated heterocycles. The van der Waals surface area contributed by atoms with Crippen LogP contribution in [0.2, 0.25) is 0 Å². The Hall–Kier alpha value is -3.02. The number of ketones is 1. The molecule has 1 amide bonds. The van der Waals surface area contributed by atoms with E-state index >= 15 is 0 Å². The van der Waals surface area contributed by atoms with Crippen LogP contribution in [0.4, 0.5) is 0 Å². The van der Waals surface area contributed by atoms with Gasteiger partial charge in [-0.25, -0.2) is 0 Å². The van der Waals surface area contributed by atoms with Crippen LogP contribution in [-0.4, -0.2) is 28.8 Å². The highest BCUT2D eigenvalue weighted by molar-refractivity contribution is 6.09. The number of Topliss-reactive ketones (excluding diaryl/α,β-unsaturated/α-hetero) is 1. The average molecular weight is 355 g/mol. The van der Waals surface area contributed by atoms with E-state index < -0.39 is 17.7 Å². The summed E-state index contributed by atoms with van der Waals surface area (Å²) in [6.07, 6.45) is 1.52. The summed E-state index contributed by atoms with van der Waals surface area (Å²) in [6, 6.07) is 9.91. The van der Waals surface area contributed by atoms with Crippen LogP contribution in [0.3, 0.4) is 0 Å². The van der Waals surface area contributed by atoms with Crippen LogP contribution in [0, 0.1) is 5.92 Å². The number of furan rings is 1. The Morgan fingerprint density at radius 2 is 1.96 bits per heavy atom. The third-order valence-electron chi connectivity index (χ3n) is 4.43. The molecule has 0 spiro atoms. The van der Waals surface area contributed by atoms with Crippen molar-refractivity contribution in [3.05, 3.63) is 65.3 Å². The molecule has 1 aromatic carbocycles. The van der Waals surface area contributed by atoms with Crippen molar-refractivity contribution in [3.8, 4) is 5.75 Å². The standard InChI is InChI=1S/C20H21NO5/c1-12(2)18(22)16-17(13-6-8-14(25-3)9-7-13)21(20(24)19(16)23)11-15-5-4-10-26-15/h4-10,12,17,23H,11H2,1-3H3. The van der Waals surface area contributed by atoms with Crippen molar-refractivity contribution in [2.75, 3.05) is 7.11 Å². The monoisotopic (exact) mass is 355 g/mol. The highest BCUT2D eigenvalue weighted by Gasteiger charge is 2.44. The third kappa shape index (κ3) is 3.10. The van der Waals surface area contributed by atoms with Gasteiger partial charge in [0.1, 0.15) is 11.5 Å². The summed E-state index contributed by atoms with van der Waals surface area (Å²) in [5.41, 5.74) is 0.848. The van der Waals surface area contributed by atoms with Crippen molar-refractivity contribution in [1.82, 2.24) is 4.90 Å². The molecule has 1 unspecified atom stereocenters. The largest absolute Gasteiger partial charge is 0.503 e. The lowest BCUT2D eigenvalue weighted by atomic mass is 9.91. The van der Waals surface area contributed by atoms with Gasteiger partial charge in [-0.3, -0.25) is 9.59 Å². The van der Waals surface area contributed by atoms with E-state index in [-0.39, 0.29) is 23.8 Å². The van der Waals surface area contributed by atoms with Crippen molar-refractivity contribution >= 4 is 11.7 Å². The first kappa shape index (κ1) is 17.8. The van der Waals surface area contributed by atoms with E-state index in [9.17, 15) is 14.7 Å². The Morgan fingerprint density at radius 1 is 1.27 bits per heavy atom. The highest BCUT2D eigenvalue weighted by atomic mass is 16.5. The van der Waals surface area contributed by atoms with Crippen LogP contribution < -0.4 is 4.74 Å². The molecule has 26 heavy (non-hydrogen) atoms. The number of aliphatic hydroxyl groups is 1. The van der Waals surface area contributed by atoms with Crippen LogP contribution in [0.15, 0.2) is 58.4 Å². The van der Waals surface area contributed by atoms with E-state index in [0.29, 0.717) is 11.5 Å². The van der Waals surface area contributed by atoms with E-state index in [1.807, 2.05) is 0 Å². The summed E-state index contributed by atoms with van der Waals surface area (Å²) in [5.74, 6) is -0.423. The second-order valence-corrected chi connectivity index (χ2v) is 6.47. The predicted molar refractivity (Wildman–Crippen MR) is 94.5 cm³/mol. The van der Waals surface area contributed by atoms with Crippen LogP contribution in [0.5, 0.6) is 5.75 Å². The van der Waals surface area contributed by atoms with Gasteiger partial charge < -0.3 is 19.2 Å². The molecule has 1 atom stereocenters. The van der Waals surface area contributed by atoms with Crippen molar-refractivity contribution in [2.24, 2.45) is 5.92 Å². The van der Waals surface area contributed by atoms with E-state index in [1.54, 1.807) is 57.4 Å². The minimum Gasteiger partial charge on any atom is -0.503 e. The molecule has 6 heteroatoms.